The van der Waals surface area contributed by atoms with Gasteiger partial charge in [0.2, 0.25) is 5.89 Å². The first-order valence-electron chi connectivity index (χ1n) is 13.0. The Morgan fingerprint density at radius 2 is 2.00 bits per heavy atom. The van der Waals surface area contributed by atoms with Gasteiger partial charge in [-0.25, -0.2) is 23.7 Å². The predicted molar refractivity (Wildman–Crippen MR) is 143 cm³/mol. The molecule has 0 unspecified atom stereocenters. The molecule has 8 nitrogen and oxygen atoms in total. The van der Waals surface area contributed by atoms with E-state index in [1.807, 2.05) is 25.1 Å². The van der Waals surface area contributed by atoms with E-state index in [0.717, 1.165) is 42.3 Å². The molecule has 1 saturated carbocycles. The summed E-state index contributed by atoms with van der Waals surface area (Å²) in [4.78, 5) is 26.7. The van der Waals surface area contributed by atoms with Crippen molar-refractivity contribution >= 4 is 16.9 Å². The fourth-order valence-electron chi connectivity index (χ4n) is 5.39. The second-order valence-electron chi connectivity index (χ2n) is 9.93. The molecule has 40 heavy (non-hydrogen) atoms. The van der Waals surface area contributed by atoms with E-state index >= 15 is 0 Å². The number of nitriles is 1. The first kappa shape index (κ1) is 25.4. The first-order chi connectivity index (χ1) is 19.4. The summed E-state index contributed by atoms with van der Waals surface area (Å²) < 4.78 is 35.6. The van der Waals surface area contributed by atoms with Crippen LogP contribution in [0.3, 0.4) is 0 Å². The quantitative estimate of drug-likeness (QED) is 0.289. The summed E-state index contributed by atoms with van der Waals surface area (Å²) in [5.41, 5.74) is 3.55. The van der Waals surface area contributed by atoms with Gasteiger partial charge in [0.1, 0.15) is 34.9 Å². The van der Waals surface area contributed by atoms with Crippen molar-refractivity contribution in [2.45, 2.75) is 44.7 Å². The Hall–Kier alpha value is -4.91. The van der Waals surface area contributed by atoms with Gasteiger partial charge in [-0.1, -0.05) is 12.1 Å². The summed E-state index contributed by atoms with van der Waals surface area (Å²) in [5, 5.41) is 12.7. The molecule has 0 saturated heterocycles. The number of halogens is 2. The molecule has 6 rings (SSSR count). The molecule has 10 heteroatoms. The van der Waals surface area contributed by atoms with Crippen LogP contribution in [0.5, 0.6) is 0 Å². The van der Waals surface area contributed by atoms with Crippen LogP contribution in [-0.4, -0.2) is 31.5 Å². The van der Waals surface area contributed by atoms with Crippen LogP contribution in [0, 0.1) is 29.9 Å². The van der Waals surface area contributed by atoms with Gasteiger partial charge in [-0.3, -0.25) is 4.79 Å². The number of benzene rings is 2. The molecule has 0 bridgehead atoms. The standard InChI is InChI=1S/C30H24F2N6O2/c1-17-16-40-30(35-17)25-13-27-26(15-34-25)37-28(22-8-3-2-5-18(22)14-33)38(27)21-7-4-6-20(12-21)36-29(39)23-11-19(31)9-10-24(23)32/h2-3,5,8-11,13,15-16,20-21H,4,6-7,12H2,1H3,(H,36,39)/t20-,21+/m0/s1. The third-order valence-corrected chi connectivity index (χ3v) is 7.22. The Labute approximate surface area is 228 Å². The van der Waals surface area contributed by atoms with Crippen LogP contribution >= 0.6 is 0 Å². The van der Waals surface area contributed by atoms with Crippen LogP contribution in [0.15, 0.2) is 65.4 Å². The third-order valence-electron chi connectivity index (χ3n) is 7.22. The number of oxazole rings is 1. The topological polar surface area (TPSA) is 110 Å². The molecular formula is C30H24F2N6O2. The molecule has 1 aliphatic carbocycles. The lowest BCUT2D eigenvalue weighted by Gasteiger charge is -2.32. The van der Waals surface area contributed by atoms with Crippen LogP contribution in [0.2, 0.25) is 0 Å². The van der Waals surface area contributed by atoms with Crippen molar-refractivity contribution in [1.82, 2.24) is 24.8 Å². The molecule has 3 heterocycles. The highest BCUT2D eigenvalue weighted by Crippen LogP contribution is 2.38. The molecule has 2 aromatic carbocycles. The number of hydrogen-bond acceptors (Lipinski definition) is 6. The fourth-order valence-corrected chi connectivity index (χ4v) is 5.39. The fraction of sp³-hybridized carbons (Fsp3) is 0.233. The van der Waals surface area contributed by atoms with Crippen molar-refractivity contribution in [1.29, 1.82) is 5.26 Å². The van der Waals surface area contributed by atoms with E-state index in [1.54, 1.807) is 24.6 Å². The van der Waals surface area contributed by atoms with Gasteiger partial charge in [-0.2, -0.15) is 5.26 Å². The van der Waals surface area contributed by atoms with Crippen molar-refractivity contribution in [2.75, 3.05) is 0 Å². The summed E-state index contributed by atoms with van der Waals surface area (Å²) in [5.74, 6) is -1.10. The molecule has 1 N–H and O–H groups in total. The average molecular weight is 539 g/mol. The molecule has 3 aromatic heterocycles. The van der Waals surface area contributed by atoms with Gasteiger partial charge in [0.05, 0.1) is 34.6 Å². The van der Waals surface area contributed by atoms with Crippen LogP contribution in [0.25, 0.3) is 34.0 Å². The van der Waals surface area contributed by atoms with Crippen LogP contribution in [0.1, 0.15) is 53.3 Å². The maximum atomic E-state index is 14.3. The molecule has 0 aliphatic heterocycles. The number of nitrogens with zero attached hydrogens (tertiary/aromatic N) is 5. The molecule has 200 valence electrons. The van der Waals surface area contributed by atoms with E-state index in [2.05, 4.69) is 25.9 Å². The minimum atomic E-state index is -0.774. The minimum absolute atomic E-state index is 0.107. The van der Waals surface area contributed by atoms with E-state index in [1.165, 1.54) is 0 Å². The number of aromatic nitrogens is 4. The number of hydrogen-bond donors (Lipinski definition) is 1. The lowest BCUT2D eigenvalue weighted by molar-refractivity contribution is 0.0916. The number of carbonyl (C=O) groups excluding carboxylic acids is 1. The van der Waals surface area contributed by atoms with Gasteiger partial charge in [0.25, 0.3) is 5.91 Å². The zero-order valence-corrected chi connectivity index (χ0v) is 21.6. The van der Waals surface area contributed by atoms with E-state index in [-0.39, 0.29) is 17.6 Å². The van der Waals surface area contributed by atoms with Crippen molar-refractivity contribution in [3.8, 4) is 29.0 Å². The maximum absolute atomic E-state index is 14.3. The Kier molecular flexibility index (Phi) is 6.56. The number of pyridine rings is 1. The molecule has 2 atom stereocenters. The lowest BCUT2D eigenvalue weighted by Crippen LogP contribution is -2.39. The van der Waals surface area contributed by atoms with Gasteiger partial charge in [-0.15, -0.1) is 0 Å². The van der Waals surface area contributed by atoms with Gasteiger partial charge in [0.15, 0.2) is 0 Å². The number of aryl methyl sites for hydroxylation is 1. The zero-order valence-electron chi connectivity index (χ0n) is 21.6. The van der Waals surface area contributed by atoms with Crippen LogP contribution in [0.4, 0.5) is 8.78 Å². The number of rotatable bonds is 5. The van der Waals surface area contributed by atoms with Gasteiger partial charge >= 0.3 is 0 Å². The molecule has 0 spiro atoms. The Bertz CT molecular complexity index is 1790. The Morgan fingerprint density at radius 3 is 2.80 bits per heavy atom. The van der Waals surface area contributed by atoms with E-state index < -0.39 is 17.5 Å². The maximum Gasteiger partial charge on any atom is 0.254 e. The highest BCUT2D eigenvalue weighted by molar-refractivity contribution is 5.94. The van der Waals surface area contributed by atoms with Crippen LogP contribution < -0.4 is 5.32 Å². The predicted octanol–water partition coefficient (Wildman–Crippen LogP) is 6.13. The summed E-state index contributed by atoms with van der Waals surface area (Å²) in [6, 6.07) is 13.8. The van der Waals surface area contributed by atoms with Crippen molar-refractivity contribution in [3.05, 3.63) is 89.4 Å². The second kappa shape index (κ2) is 10.3. The molecule has 1 amide bonds. The summed E-state index contributed by atoms with van der Waals surface area (Å²) in [6.45, 7) is 1.83. The summed E-state index contributed by atoms with van der Waals surface area (Å²) >= 11 is 0. The normalized spacial score (nSPS) is 17.1. The van der Waals surface area contributed by atoms with Gasteiger partial charge in [-0.05, 0) is 69.0 Å². The summed E-state index contributed by atoms with van der Waals surface area (Å²) in [7, 11) is 0. The molecule has 5 aromatic rings. The number of amides is 1. The molecular weight excluding hydrogens is 514 g/mol. The van der Waals surface area contributed by atoms with E-state index in [4.69, 9.17) is 9.40 Å². The van der Waals surface area contributed by atoms with Crippen molar-refractivity contribution in [2.24, 2.45) is 0 Å². The highest BCUT2D eigenvalue weighted by Gasteiger charge is 2.30. The van der Waals surface area contributed by atoms with Crippen LogP contribution in [-0.2, 0) is 0 Å². The average Bonchev–Trinajstić information content (AvgIpc) is 3.57. The Morgan fingerprint density at radius 1 is 1.15 bits per heavy atom. The highest BCUT2D eigenvalue weighted by atomic mass is 19.1. The number of carbonyl (C=O) groups is 1. The van der Waals surface area contributed by atoms with Gasteiger partial charge in [0, 0.05) is 17.6 Å². The van der Waals surface area contributed by atoms with Gasteiger partial charge < -0.3 is 14.3 Å². The monoisotopic (exact) mass is 538 g/mol. The minimum Gasteiger partial charge on any atom is -0.443 e. The largest absolute Gasteiger partial charge is 0.443 e. The summed E-state index contributed by atoms with van der Waals surface area (Å²) in [6.07, 6.45) is 6.03. The molecule has 1 fully saturated rings. The van der Waals surface area contributed by atoms with E-state index in [9.17, 15) is 18.8 Å². The van der Waals surface area contributed by atoms with E-state index in [0.29, 0.717) is 46.9 Å². The first-order valence-corrected chi connectivity index (χ1v) is 13.0. The smallest absolute Gasteiger partial charge is 0.254 e. The lowest BCUT2D eigenvalue weighted by atomic mass is 9.90. The zero-order chi connectivity index (χ0) is 27.8. The number of fused-ring (bicyclic) bond motifs is 1. The SMILES string of the molecule is Cc1coc(-c2cc3c(cn2)nc(-c2ccccc2C#N)n3[C@@H]2CCC[C@H](NC(=O)c3cc(F)ccc3F)C2)n1. The third kappa shape index (κ3) is 4.71. The Balaban J connectivity index is 1.41. The second-order valence-corrected chi connectivity index (χ2v) is 9.93. The molecule has 0 radical (unpaired) electrons. The van der Waals surface area contributed by atoms with Crippen molar-refractivity contribution in [3.63, 3.8) is 0 Å². The van der Waals surface area contributed by atoms with Crippen molar-refractivity contribution < 1.29 is 18.0 Å². The number of nitrogens with one attached hydrogen (secondary N) is 1. The number of imidazole rings is 1. The molecule has 1 aliphatic rings.